The number of aryl methyl sites for hydroxylation is 2. The van der Waals surface area contributed by atoms with Crippen LogP contribution in [0.15, 0.2) is 48.5 Å². The van der Waals surface area contributed by atoms with E-state index in [1.165, 1.54) is 6.07 Å². The molecule has 0 saturated heterocycles. The van der Waals surface area contributed by atoms with Crippen molar-refractivity contribution in [1.29, 1.82) is 0 Å². The van der Waals surface area contributed by atoms with Crippen molar-refractivity contribution in [3.63, 3.8) is 0 Å². The third kappa shape index (κ3) is 3.44. The standard InChI is InChI=1S/C19H14F2O.2C2H6/c1-11-3-6-14-13(9-11)5-8-16-15-7-4-12(2)10-17(15)19(20,21)22-18(14)16;2*1-2/h3-10H,1-2H3;2*1-2H3. The summed E-state index contributed by atoms with van der Waals surface area (Å²) in [6.45, 7) is 11.8. The van der Waals surface area contributed by atoms with E-state index in [1.54, 1.807) is 13.0 Å². The summed E-state index contributed by atoms with van der Waals surface area (Å²) in [6.07, 6.45) is -3.31. The minimum Gasteiger partial charge on any atom is -0.428 e. The monoisotopic (exact) mass is 356 g/mol. The van der Waals surface area contributed by atoms with Gasteiger partial charge in [0.1, 0.15) is 5.75 Å². The molecule has 0 aromatic heterocycles. The van der Waals surface area contributed by atoms with Gasteiger partial charge in [0.25, 0.3) is 0 Å². The number of alkyl halides is 2. The third-order valence-electron chi connectivity index (χ3n) is 4.13. The Bertz CT molecular complexity index is 913. The van der Waals surface area contributed by atoms with Crippen molar-refractivity contribution in [2.24, 2.45) is 0 Å². The van der Waals surface area contributed by atoms with Gasteiger partial charge in [-0.3, -0.25) is 0 Å². The van der Waals surface area contributed by atoms with Gasteiger partial charge >= 0.3 is 6.11 Å². The molecule has 0 saturated carbocycles. The largest absolute Gasteiger partial charge is 0.428 e. The molecule has 138 valence electrons. The molecule has 1 heterocycles. The van der Waals surface area contributed by atoms with Crippen molar-refractivity contribution in [2.75, 3.05) is 0 Å². The van der Waals surface area contributed by atoms with Gasteiger partial charge in [-0.1, -0.05) is 75.2 Å². The van der Waals surface area contributed by atoms with Crippen LogP contribution in [0.1, 0.15) is 44.4 Å². The molecule has 0 spiro atoms. The lowest BCUT2D eigenvalue weighted by molar-refractivity contribution is -0.186. The molecule has 1 aliphatic heterocycles. The Balaban J connectivity index is 0.000000570. The van der Waals surface area contributed by atoms with Crippen LogP contribution in [0.2, 0.25) is 0 Å². The fraction of sp³-hybridized carbons (Fsp3) is 0.304. The van der Waals surface area contributed by atoms with Crippen LogP contribution < -0.4 is 4.74 Å². The lowest BCUT2D eigenvalue weighted by Crippen LogP contribution is -2.26. The highest BCUT2D eigenvalue weighted by atomic mass is 19.3. The molecule has 3 aromatic rings. The van der Waals surface area contributed by atoms with E-state index in [2.05, 4.69) is 0 Å². The predicted molar refractivity (Wildman–Crippen MR) is 106 cm³/mol. The minimum absolute atomic E-state index is 0.0635. The molecule has 0 radical (unpaired) electrons. The van der Waals surface area contributed by atoms with Gasteiger partial charge in [-0.05, 0) is 36.9 Å². The molecular weight excluding hydrogens is 330 g/mol. The van der Waals surface area contributed by atoms with Gasteiger partial charge < -0.3 is 4.74 Å². The van der Waals surface area contributed by atoms with Crippen LogP contribution in [0.4, 0.5) is 8.78 Å². The molecule has 26 heavy (non-hydrogen) atoms. The van der Waals surface area contributed by atoms with Crippen LogP contribution in [-0.2, 0) is 6.11 Å². The summed E-state index contributed by atoms with van der Waals surface area (Å²) in [4.78, 5) is 0. The number of rotatable bonds is 0. The first-order valence-corrected chi connectivity index (χ1v) is 9.17. The van der Waals surface area contributed by atoms with Crippen LogP contribution >= 0.6 is 0 Å². The quantitative estimate of drug-likeness (QED) is 0.402. The van der Waals surface area contributed by atoms with Crippen molar-refractivity contribution < 1.29 is 13.5 Å². The zero-order valence-corrected chi connectivity index (χ0v) is 16.3. The van der Waals surface area contributed by atoms with E-state index in [0.29, 0.717) is 10.9 Å². The summed E-state index contributed by atoms with van der Waals surface area (Å²) >= 11 is 0. The summed E-state index contributed by atoms with van der Waals surface area (Å²) in [5, 5.41) is 1.62. The molecule has 4 rings (SSSR count). The van der Waals surface area contributed by atoms with Crippen LogP contribution in [0.5, 0.6) is 5.75 Å². The number of benzene rings is 3. The first-order chi connectivity index (χ1) is 12.5. The van der Waals surface area contributed by atoms with Crippen molar-refractivity contribution >= 4 is 10.8 Å². The molecule has 0 amide bonds. The molecule has 3 aromatic carbocycles. The Kier molecular flexibility index (Phi) is 6.01. The predicted octanol–water partition coefficient (Wildman–Crippen LogP) is 7.62. The van der Waals surface area contributed by atoms with Gasteiger partial charge in [-0.2, -0.15) is 8.78 Å². The lowest BCUT2D eigenvalue weighted by Gasteiger charge is -2.29. The van der Waals surface area contributed by atoms with E-state index in [9.17, 15) is 8.78 Å². The molecule has 0 unspecified atom stereocenters. The second-order valence-corrected chi connectivity index (χ2v) is 5.83. The van der Waals surface area contributed by atoms with Crippen molar-refractivity contribution in [3.05, 3.63) is 65.2 Å². The Hall–Kier alpha value is -2.42. The van der Waals surface area contributed by atoms with Gasteiger partial charge in [-0.15, -0.1) is 0 Å². The SMILES string of the molecule is CC.CC.Cc1ccc2c(c1)C(F)(F)Oc1c-2ccc2cc(C)ccc12. The first-order valence-electron chi connectivity index (χ1n) is 9.17. The Morgan fingerprint density at radius 3 is 2.00 bits per heavy atom. The first kappa shape index (κ1) is 19.9. The van der Waals surface area contributed by atoms with E-state index >= 15 is 0 Å². The second-order valence-electron chi connectivity index (χ2n) is 5.83. The fourth-order valence-corrected chi connectivity index (χ4v) is 3.06. The molecule has 0 fully saturated rings. The second kappa shape index (κ2) is 7.86. The average molecular weight is 356 g/mol. The van der Waals surface area contributed by atoms with Crippen LogP contribution in [0.25, 0.3) is 21.9 Å². The maximum Gasteiger partial charge on any atom is 0.427 e. The molecule has 0 bridgehead atoms. The van der Waals surface area contributed by atoms with Gasteiger partial charge in [-0.25, -0.2) is 0 Å². The zero-order valence-electron chi connectivity index (χ0n) is 16.3. The Morgan fingerprint density at radius 2 is 1.31 bits per heavy atom. The summed E-state index contributed by atoms with van der Waals surface area (Å²) in [5.41, 5.74) is 3.08. The highest BCUT2D eigenvalue weighted by Gasteiger charge is 2.42. The molecular formula is C23H26F2O. The van der Waals surface area contributed by atoms with E-state index < -0.39 is 6.11 Å². The van der Waals surface area contributed by atoms with Gasteiger partial charge in [0, 0.05) is 10.9 Å². The molecule has 0 atom stereocenters. The van der Waals surface area contributed by atoms with Crippen LogP contribution in [0.3, 0.4) is 0 Å². The van der Waals surface area contributed by atoms with E-state index in [-0.39, 0.29) is 11.3 Å². The minimum atomic E-state index is -3.31. The molecule has 0 aliphatic carbocycles. The van der Waals surface area contributed by atoms with E-state index in [0.717, 1.165) is 22.1 Å². The maximum absolute atomic E-state index is 14.4. The topological polar surface area (TPSA) is 9.23 Å². The third-order valence-corrected chi connectivity index (χ3v) is 4.13. The van der Waals surface area contributed by atoms with Crippen LogP contribution in [-0.4, -0.2) is 0 Å². The number of hydrogen-bond acceptors (Lipinski definition) is 1. The van der Waals surface area contributed by atoms with Crippen molar-refractivity contribution in [2.45, 2.75) is 47.7 Å². The Morgan fingerprint density at radius 1 is 0.731 bits per heavy atom. The smallest absolute Gasteiger partial charge is 0.427 e. The number of hydrogen-bond donors (Lipinski definition) is 0. The summed E-state index contributed by atoms with van der Waals surface area (Å²) in [5.74, 6) is 0.263. The lowest BCUT2D eigenvalue weighted by atomic mass is 9.91. The van der Waals surface area contributed by atoms with E-state index in [4.69, 9.17) is 4.74 Å². The Labute approximate surface area is 154 Å². The van der Waals surface area contributed by atoms with Crippen LogP contribution in [0, 0.1) is 13.8 Å². The van der Waals surface area contributed by atoms with Gasteiger partial charge in [0.2, 0.25) is 0 Å². The van der Waals surface area contributed by atoms with Gasteiger partial charge in [0.05, 0.1) is 5.56 Å². The normalized spacial score (nSPS) is 13.2. The number of halogens is 2. The summed E-state index contributed by atoms with van der Waals surface area (Å²) in [6, 6.07) is 14.6. The van der Waals surface area contributed by atoms with E-state index in [1.807, 2.05) is 71.0 Å². The van der Waals surface area contributed by atoms with Crippen molar-refractivity contribution in [3.8, 4) is 16.9 Å². The summed E-state index contributed by atoms with van der Waals surface area (Å²) < 4.78 is 34.0. The molecule has 1 nitrogen and oxygen atoms in total. The highest BCUT2D eigenvalue weighted by molar-refractivity contribution is 5.96. The number of fused-ring (bicyclic) bond motifs is 5. The fourth-order valence-electron chi connectivity index (χ4n) is 3.06. The van der Waals surface area contributed by atoms with Crippen molar-refractivity contribution in [1.82, 2.24) is 0 Å². The molecule has 0 N–H and O–H groups in total. The molecule has 1 aliphatic rings. The highest BCUT2D eigenvalue weighted by Crippen LogP contribution is 2.49. The number of ether oxygens (including phenoxy) is 1. The maximum atomic E-state index is 14.4. The van der Waals surface area contributed by atoms with Gasteiger partial charge in [0.15, 0.2) is 0 Å². The average Bonchev–Trinajstić information content (AvgIpc) is 2.64. The molecule has 3 heteroatoms. The zero-order chi connectivity index (χ0) is 19.5. The summed E-state index contributed by atoms with van der Waals surface area (Å²) in [7, 11) is 0.